The Balaban J connectivity index is 1.54. The number of likely N-dealkylation sites (tertiary alicyclic amines) is 1. The second-order valence-corrected chi connectivity index (χ2v) is 10.2. The molecule has 3 aliphatic rings. The molecule has 2 unspecified atom stereocenters. The number of ketones is 1. The summed E-state index contributed by atoms with van der Waals surface area (Å²) in [5.41, 5.74) is 11.0. The van der Waals surface area contributed by atoms with Gasteiger partial charge in [0, 0.05) is 32.0 Å². The average Bonchev–Trinajstić information content (AvgIpc) is 3.20. The van der Waals surface area contributed by atoms with Gasteiger partial charge in [0.2, 0.25) is 11.8 Å². The summed E-state index contributed by atoms with van der Waals surface area (Å²) in [4.78, 5) is 51.9. The lowest BCUT2D eigenvalue weighted by atomic mass is 9.67. The molecule has 10 nitrogen and oxygen atoms in total. The Bertz CT molecular complexity index is 1210. The maximum absolute atomic E-state index is 15.4. The molecule has 2 heterocycles. The van der Waals surface area contributed by atoms with E-state index < -0.39 is 40.8 Å². The number of anilines is 1. The molecule has 4 rings (SSSR count). The molecule has 0 radical (unpaired) electrons. The molecule has 1 aliphatic carbocycles. The predicted octanol–water partition coefficient (Wildman–Crippen LogP) is 0.745. The van der Waals surface area contributed by atoms with Crippen molar-refractivity contribution in [3.8, 4) is 0 Å². The number of nitrogens with one attached hydrogen (secondary N) is 1. The van der Waals surface area contributed by atoms with Gasteiger partial charge in [-0.25, -0.2) is 9.18 Å². The number of nitrogens with two attached hydrogens (primary N) is 2. The van der Waals surface area contributed by atoms with Gasteiger partial charge in [0.1, 0.15) is 17.5 Å². The third-order valence-corrected chi connectivity index (χ3v) is 7.46. The number of carbonyl (C=O) groups excluding carboxylic acids is 4. The first-order chi connectivity index (χ1) is 17.4. The highest BCUT2D eigenvalue weighted by Crippen LogP contribution is 2.45. The Morgan fingerprint density at radius 1 is 1.24 bits per heavy atom. The number of halogens is 1. The zero-order valence-electron chi connectivity index (χ0n) is 21.1. The number of rotatable bonds is 8. The number of hydrogen-bond donors (Lipinski definition) is 3. The van der Waals surface area contributed by atoms with Crippen molar-refractivity contribution >= 4 is 29.4 Å². The molecular weight excluding hydrogens is 481 g/mol. The van der Waals surface area contributed by atoms with Gasteiger partial charge in [-0.05, 0) is 30.2 Å². The maximum atomic E-state index is 15.4. The first-order valence-corrected chi connectivity index (χ1v) is 12.1. The van der Waals surface area contributed by atoms with Gasteiger partial charge in [-0.2, -0.15) is 0 Å². The number of nitrogens with zero attached hydrogens (tertiary/aromatic N) is 2. The van der Waals surface area contributed by atoms with Crippen LogP contribution in [-0.4, -0.2) is 73.0 Å². The molecule has 3 atom stereocenters. The van der Waals surface area contributed by atoms with Gasteiger partial charge in [0.15, 0.2) is 5.78 Å². The maximum Gasteiger partial charge on any atom is 0.414 e. The molecule has 0 bridgehead atoms. The van der Waals surface area contributed by atoms with E-state index in [-0.39, 0.29) is 31.3 Å². The highest BCUT2D eigenvalue weighted by atomic mass is 19.1. The highest BCUT2D eigenvalue weighted by molar-refractivity contribution is 5.97. The predicted molar refractivity (Wildman–Crippen MR) is 134 cm³/mol. The van der Waals surface area contributed by atoms with Crippen molar-refractivity contribution in [2.45, 2.75) is 37.8 Å². The summed E-state index contributed by atoms with van der Waals surface area (Å²) < 4.78 is 20.7. The van der Waals surface area contributed by atoms with Gasteiger partial charge < -0.3 is 21.5 Å². The van der Waals surface area contributed by atoms with Crippen LogP contribution >= 0.6 is 0 Å². The van der Waals surface area contributed by atoms with Crippen LogP contribution in [0, 0.1) is 11.7 Å². The summed E-state index contributed by atoms with van der Waals surface area (Å²) in [6.45, 7) is 5.83. The monoisotopic (exact) mass is 513 g/mol. The van der Waals surface area contributed by atoms with E-state index in [9.17, 15) is 19.2 Å². The minimum absolute atomic E-state index is 0.172. The van der Waals surface area contributed by atoms with E-state index in [4.69, 9.17) is 16.2 Å². The van der Waals surface area contributed by atoms with Crippen LogP contribution in [0.3, 0.4) is 0 Å². The van der Waals surface area contributed by atoms with E-state index in [0.717, 1.165) is 0 Å². The summed E-state index contributed by atoms with van der Waals surface area (Å²) in [5, 5.41) is 2.60. The van der Waals surface area contributed by atoms with Gasteiger partial charge in [0.25, 0.3) is 0 Å². The lowest BCUT2D eigenvalue weighted by molar-refractivity contribution is -0.141. The quantitative estimate of drug-likeness (QED) is 0.464. The number of benzene rings is 1. The zero-order valence-corrected chi connectivity index (χ0v) is 21.1. The van der Waals surface area contributed by atoms with Crippen LogP contribution in [0.25, 0.3) is 0 Å². The lowest BCUT2D eigenvalue weighted by Crippen LogP contribution is -2.71. The standard InChI is InChI=1S/C26H32FN5O5/c1-15(33)26(9-17(10-28)4-6-21(26)23(29)35)31-13-25(3,14-31)20-7-5-18(8-22(20)27)32-12-19(37-24(32)36)11-30-16(2)34/h4-9,19,21H,10-14,28H2,1-3H3,(H2,29,35)(H,30,34)/t19-,21?,26?/m0/s1. The Labute approximate surface area is 214 Å². The van der Waals surface area contributed by atoms with E-state index in [0.29, 0.717) is 29.9 Å². The van der Waals surface area contributed by atoms with Crippen LogP contribution in [0.1, 0.15) is 26.3 Å². The molecule has 5 N–H and O–H groups in total. The van der Waals surface area contributed by atoms with Gasteiger partial charge in [-0.15, -0.1) is 0 Å². The largest absolute Gasteiger partial charge is 0.442 e. The number of carbonyl (C=O) groups is 4. The molecule has 2 saturated heterocycles. The molecule has 2 aliphatic heterocycles. The molecule has 0 aromatic heterocycles. The van der Waals surface area contributed by atoms with Crippen LogP contribution in [0.5, 0.6) is 0 Å². The lowest BCUT2D eigenvalue weighted by Gasteiger charge is -2.57. The topological polar surface area (TPSA) is 148 Å². The van der Waals surface area contributed by atoms with Crippen LogP contribution < -0.4 is 21.7 Å². The second-order valence-electron chi connectivity index (χ2n) is 10.2. The molecule has 0 saturated carbocycles. The van der Waals surface area contributed by atoms with Gasteiger partial charge in [-0.1, -0.05) is 31.2 Å². The molecule has 11 heteroatoms. The van der Waals surface area contributed by atoms with E-state index >= 15 is 4.39 Å². The first-order valence-electron chi connectivity index (χ1n) is 12.1. The van der Waals surface area contributed by atoms with Crippen molar-refractivity contribution < 1.29 is 28.3 Å². The van der Waals surface area contributed by atoms with Gasteiger partial charge in [-0.3, -0.25) is 24.2 Å². The number of primary amides is 1. The minimum atomic E-state index is -1.28. The van der Waals surface area contributed by atoms with Crippen molar-refractivity contribution in [2.75, 3.05) is 37.6 Å². The van der Waals surface area contributed by atoms with Crippen LogP contribution in [0.15, 0.2) is 42.0 Å². The summed E-state index contributed by atoms with van der Waals surface area (Å²) in [7, 11) is 0. The van der Waals surface area contributed by atoms with Gasteiger partial charge in [0.05, 0.1) is 24.7 Å². The molecule has 198 valence electrons. The van der Waals surface area contributed by atoms with Crippen LogP contribution in [0.4, 0.5) is 14.9 Å². The van der Waals surface area contributed by atoms with Crippen molar-refractivity contribution in [1.82, 2.24) is 10.2 Å². The normalized spacial score (nSPS) is 26.8. The summed E-state index contributed by atoms with van der Waals surface area (Å²) in [6.07, 6.45) is 3.88. The Morgan fingerprint density at radius 2 is 1.95 bits per heavy atom. The highest BCUT2D eigenvalue weighted by Gasteiger charge is 2.57. The number of hydrogen-bond acceptors (Lipinski definition) is 7. The number of Topliss-reactive ketones (excluding diaryl/α,β-unsaturated/α-hetero) is 1. The van der Waals surface area contributed by atoms with Crippen molar-refractivity contribution in [3.05, 3.63) is 53.4 Å². The molecule has 37 heavy (non-hydrogen) atoms. The Kier molecular flexibility index (Phi) is 6.95. The van der Waals surface area contributed by atoms with Crippen molar-refractivity contribution in [1.29, 1.82) is 0 Å². The first kappa shape index (κ1) is 26.5. The van der Waals surface area contributed by atoms with Crippen LogP contribution in [-0.2, 0) is 24.5 Å². The fourth-order valence-electron chi connectivity index (χ4n) is 5.54. The average molecular weight is 514 g/mol. The van der Waals surface area contributed by atoms with Crippen LogP contribution in [0.2, 0.25) is 0 Å². The third kappa shape index (κ3) is 4.64. The minimum Gasteiger partial charge on any atom is -0.442 e. The molecule has 2 fully saturated rings. The third-order valence-electron chi connectivity index (χ3n) is 7.46. The summed E-state index contributed by atoms with van der Waals surface area (Å²) >= 11 is 0. The van der Waals surface area contributed by atoms with Crippen molar-refractivity contribution in [2.24, 2.45) is 17.4 Å². The molecule has 3 amide bonds. The molecular formula is C26H32FN5O5. The summed E-state index contributed by atoms with van der Waals surface area (Å²) in [6, 6.07) is 4.56. The SMILES string of the molecule is CC(=O)NC[C@H]1CN(c2ccc(C3(C)CN(C4(C(C)=O)C=C(CN)C=CC4C(N)=O)C3)c(F)c2)C(=O)O1. The Morgan fingerprint density at radius 3 is 2.51 bits per heavy atom. The zero-order chi connectivity index (χ0) is 27.1. The summed E-state index contributed by atoms with van der Waals surface area (Å²) in [5.74, 6) is -2.48. The fraction of sp³-hybridized carbons (Fsp3) is 0.462. The fourth-order valence-corrected chi connectivity index (χ4v) is 5.54. The van der Waals surface area contributed by atoms with E-state index in [1.165, 1.54) is 24.8 Å². The van der Waals surface area contributed by atoms with Crippen molar-refractivity contribution in [3.63, 3.8) is 0 Å². The number of amides is 3. The van der Waals surface area contributed by atoms with E-state index in [1.807, 2.05) is 11.8 Å². The smallest absolute Gasteiger partial charge is 0.414 e. The molecule has 1 aromatic carbocycles. The second kappa shape index (κ2) is 9.71. The molecule has 0 spiro atoms. The van der Waals surface area contributed by atoms with E-state index in [2.05, 4.69) is 5.32 Å². The van der Waals surface area contributed by atoms with E-state index in [1.54, 1.807) is 30.4 Å². The van der Waals surface area contributed by atoms with Gasteiger partial charge >= 0.3 is 6.09 Å². The Hall–Kier alpha value is -3.57. The molecule has 1 aromatic rings. The number of ether oxygens (including phenoxy) is 1. The number of cyclic esters (lactones) is 1.